The van der Waals surface area contributed by atoms with E-state index in [-0.39, 0.29) is 17.7 Å². The SMILES string of the molecule is CCN(CC)C(=O)C1CCCN(C(=O)c2cnn(-c3ncc4c(n3)-c3ccccc3CCC4)c2C)C1. The molecule has 36 heavy (non-hydrogen) atoms. The molecule has 0 N–H and O–H groups in total. The molecule has 1 saturated heterocycles. The maximum absolute atomic E-state index is 13.5. The van der Waals surface area contributed by atoms with Crippen molar-refractivity contribution >= 4 is 11.8 Å². The number of amides is 2. The second-order valence-electron chi connectivity index (χ2n) is 9.71. The number of piperidine rings is 1. The quantitative estimate of drug-likeness (QED) is 0.547. The molecule has 1 aliphatic carbocycles. The van der Waals surface area contributed by atoms with Gasteiger partial charge in [0.05, 0.1) is 29.1 Å². The highest BCUT2D eigenvalue weighted by molar-refractivity contribution is 5.95. The van der Waals surface area contributed by atoms with Crippen molar-refractivity contribution in [1.82, 2.24) is 29.5 Å². The van der Waals surface area contributed by atoms with Crippen LogP contribution in [0.5, 0.6) is 0 Å². The van der Waals surface area contributed by atoms with Crippen molar-refractivity contribution in [3.05, 3.63) is 59.0 Å². The normalized spacial score (nSPS) is 17.2. The molecule has 8 heteroatoms. The van der Waals surface area contributed by atoms with E-state index in [2.05, 4.69) is 28.3 Å². The minimum atomic E-state index is -0.147. The van der Waals surface area contributed by atoms with Gasteiger partial charge in [0.1, 0.15) is 0 Å². The zero-order chi connectivity index (χ0) is 25.2. The lowest BCUT2D eigenvalue weighted by molar-refractivity contribution is -0.136. The molecule has 1 aromatic carbocycles. The minimum absolute atomic E-state index is 0.0871. The van der Waals surface area contributed by atoms with Crippen LogP contribution in [-0.2, 0) is 17.6 Å². The van der Waals surface area contributed by atoms with Crippen molar-refractivity contribution in [2.75, 3.05) is 26.2 Å². The summed E-state index contributed by atoms with van der Waals surface area (Å²) in [6.45, 7) is 8.35. The standard InChI is InChI=1S/C28H34N6O2/c1-4-32(5-2)26(35)22-13-9-15-33(18-22)27(36)24-17-30-34(19(24)3)28-29-16-21-12-8-11-20-10-6-7-14-23(20)25(21)31-28/h6-7,10,14,16-17,22H,4-5,8-9,11-13,15,18H2,1-3H3. The molecule has 2 amide bonds. The van der Waals surface area contributed by atoms with E-state index < -0.39 is 0 Å². The lowest BCUT2D eigenvalue weighted by Gasteiger charge is -2.34. The van der Waals surface area contributed by atoms with E-state index in [0.29, 0.717) is 43.4 Å². The number of fused-ring (bicyclic) bond motifs is 3. The van der Waals surface area contributed by atoms with Gasteiger partial charge in [-0.15, -0.1) is 0 Å². The van der Waals surface area contributed by atoms with Gasteiger partial charge in [-0.3, -0.25) is 9.59 Å². The Bertz CT molecular complexity index is 1280. The molecule has 1 atom stereocenters. The third-order valence-electron chi connectivity index (χ3n) is 7.58. The van der Waals surface area contributed by atoms with Crippen LogP contribution in [0, 0.1) is 12.8 Å². The molecule has 0 saturated carbocycles. The van der Waals surface area contributed by atoms with Gasteiger partial charge >= 0.3 is 0 Å². The smallest absolute Gasteiger partial charge is 0.257 e. The second-order valence-corrected chi connectivity index (χ2v) is 9.71. The number of hydrogen-bond donors (Lipinski definition) is 0. The number of rotatable bonds is 5. The molecule has 2 aliphatic rings. The average molecular weight is 487 g/mol. The minimum Gasteiger partial charge on any atom is -0.343 e. The van der Waals surface area contributed by atoms with E-state index in [1.165, 1.54) is 5.56 Å². The summed E-state index contributed by atoms with van der Waals surface area (Å²) in [6, 6.07) is 8.40. The average Bonchev–Trinajstić information content (AvgIpc) is 3.20. The zero-order valence-electron chi connectivity index (χ0n) is 21.4. The Hall–Kier alpha value is -3.55. The van der Waals surface area contributed by atoms with Gasteiger partial charge in [-0.05, 0) is 64.0 Å². The number of likely N-dealkylation sites (tertiary alicyclic amines) is 1. The summed E-state index contributed by atoms with van der Waals surface area (Å²) in [5.74, 6) is 0.376. The van der Waals surface area contributed by atoms with E-state index in [1.807, 2.05) is 37.9 Å². The van der Waals surface area contributed by atoms with Gasteiger partial charge < -0.3 is 9.80 Å². The number of aromatic nitrogens is 4. The van der Waals surface area contributed by atoms with Crippen molar-refractivity contribution in [3.8, 4) is 17.2 Å². The van der Waals surface area contributed by atoms with Crippen LogP contribution in [0.2, 0.25) is 0 Å². The van der Waals surface area contributed by atoms with Crippen LogP contribution >= 0.6 is 0 Å². The molecule has 2 aromatic heterocycles. The van der Waals surface area contributed by atoms with Crippen LogP contribution in [-0.4, -0.2) is 67.5 Å². The molecule has 3 heterocycles. The summed E-state index contributed by atoms with van der Waals surface area (Å²) in [5.41, 5.74) is 5.77. The Morgan fingerprint density at radius 1 is 1.06 bits per heavy atom. The van der Waals surface area contributed by atoms with Gasteiger partial charge in [0, 0.05) is 37.9 Å². The van der Waals surface area contributed by atoms with Crippen LogP contribution < -0.4 is 0 Å². The molecule has 0 spiro atoms. The van der Waals surface area contributed by atoms with E-state index in [9.17, 15) is 9.59 Å². The largest absolute Gasteiger partial charge is 0.343 e. The first-order valence-corrected chi connectivity index (χ1v) is 13.1. The van der Waals surface area contributed by atoms with Crippen LogP contribution in [0.25, 0.3) is 17.2 Å². The van der Waals surface area contributed by atoms with E-state index in [4.69, 9.17) is 4.98 Å². The van der Waals surface area contributed by atoms with Crippen molar-refractivity contribution in [2.24, 2.45) is 5.92 Å². The molecule has 1 aliphatic heterocycles. The highest BCUT2D eigenvalue weighted by Gasteiger charge is 2.32. The second kappa shape index (κ2) is 10.2. The molecule has 5 rings (SSSR count). The van der Waals surface area contributed by atoms with Gasteiger partial charge in [-0.25, -0.2) is 14.6 Å². The number of nitrogens with zero attached hydrogens (tertiary/aromatic N) is 6. The lowest BCUT2D eigenvalue weighted by Crippen LogP contribution is -2.46. The van der Waals surface area contributed by atoms with Crippen molar-refractivity contribution in [3.63, 3.8) is 0 Å². The molecule has 3 aromatic rings. The Morgan fingerprint density at radius 3 is 2.64 bits per heavy atom. The number of hydrogen-bond acceptors (Lipinski definition) is 5. The van der Waals surface area contributed by atoms with Crippen LogP contribution in [0.1, 0.15) is 60.3 Å². The summed E-state index contributed by atoms with van der Waals surface area (Å²) in [7, 11) is 0. The van der Waals surface area contributed by atoms with E-state index >= 15 is 0 Å². The molecule has 0 bridgehead atoms. The highest BCUT2D eigenvalue weighted by Crippen LogP contribution is 2.31. The summed E-state index contributed by atoms with van der Waals surface area (Å²) in [6.07, 6.45) is 8.18. The van der Waals surface area contributed by atoms with Crippen molar-refractivity contribution < 1.29 is 9.59 Å². The van der Waals surface area contributed by atoms with Gasteiger partial charge in [-0.2, -0.15) is 5.10 Å². The summed E-state index contributed by atoms with van der Waals surface area (Å²) in [5, 5.41) is 4.51. The topological polar surface area (TPSA) is 84.2 Å². The zero-order valence-corrected chi connectivity index (χ0v) is 21.4. The summed E-state index contributed by atoms with van der Waals surface area (Å²) < 4.78 is 1.66. The fraction of sp³-hybridized carbons (Fsp3) is 0.464. The molecule has 188 valence electrons. The number of aryl methyl sites for hydroxylation is 2. The third kappa shape index (κ3) is 4.40. The van der Waals surface area contributed by atoms with Gasteiger partial charge in [-0.1, -0.05) is 24.3 Å². The summed E-state index contributed by atoms with van der Waals surface area (Å²) >= 11 is 0. The maximum atomic E-state index is 13.5. The fourth-order valence-electron chi connectivity index (χ4n) is 5.50. The van der Waals surface area contributed by atoms with Crippen molar-refractivity contribution in [2.45, 2.75) is 52.9 Å². The third-order valence-corrected chi connectivity index (χ3v) is 7.58. The van der Waals surface area contributed by atoms with Crippen molar-refractivity contribution in [1.29, 1.82) is 0 Å². The van der Waals surface area contributed by atoms with E-state index in [0.717, 1.165) is 48.9 Å². The molecule has 0 radical (unpaired) electrons. The molecular weight excluding hydrogens is 452 g/mol. The number of benzene rings is 1. The van der Waals surface area contributed by atoms with Crippen LogP contribution in [0.15, 0.2) is 36.7 Å². The van der Waals surface area contributed by atoms with Gasteiger partial charge in [0.25, 0.3) is 11.9 Å². The van der Waals surface area contributed by atoms with Crippen LogP contribution in [0.3, 0.4) is 0 Å². The molecule has 1 fully saturated rings. The predicted molar refractivity (Wildman–Crippen MR) is 138 cm³/mol. The lowest BCUT2D eigenvalue weighted by atomic mass is 9.96. The summed E-state index contributed by atoms with van der Waals surface area (Å²) in [4.78, 5) is 39.6. The maximum Gasteiger partial charge on any atom is 0.257 e. The molecule has 1 unspecified atom stereocenters. The van der Waals surface area contributed by atoms with E-state index in [1.54, 1.807) is 15.8 Å². The Kier molecular flexibility index (Phi) is 6.85. The fourth-order valence-corrected chi connectivity index (χ4v) is 5.50. The molecular formula is C28H34N6O2. The van der Waals surface area contributed by atoms with Gasteiger partial charge in [0.2, 0.25) is 5.91 Å². The predicted octanol–water partition coefficient (Wildman–Crippen LogP) is 3.85. The first-order valence-electron chi connectivity index (χ1n) is 13.1. The first-order chi connectivity index (χ1) is 17.5. The molecule has 8 nitrogen and oxygen atoms in total. The monoisotopic (exact) mass is 486 g/mol. The number of carbonyl (C=O) groups is 2. The highest BCUT2D eigenvalue weighted by atomic mass is 16.2. The Morgan fingerprint density at radius 2 is 1.83 bits per heavy atom. The Labute approximate surface area is 212 Å². The van der Waals surface area contributed by atoms with Gasteiger partial charge in [0.15, 0.2) is 0 Å². The van der Waals surface area contributed by atoms with Crippen LogP contribution in [0.4, 0.5) is 0 Å². The first kappa shape index (κ1) is 24.2. The Balaban J connectivity index is 1.40. The number of carbonyl (C=O) groups excluding carboxylic acids is 2.